The van der Waals surface area contributed by atoms with E-state index in [-0.39, 0.29) is 5.91 Å². The number of aromatic nitrogens is 1. The molecule has 1 aliphatic rings. The summed E-state index contributed by atoms with van der Waals surface area (Å²) >= 11 is 1.57. The Balaban J connectivity index is 1.39. The Kier molecular flexibility index (Phi) is 7.22. The average Bonchev–Trinajstić information content (AvgIpc) is 3.55. The second-order valence-corrected chi connectivity index (χ2v) is 9.55. The molecule has 1 aromatic heterocycles. The molecule has 1 N–H and O–H groups in total. The van der Waals surface area contributed by atoms with Crippen LogP contribution in [0.3, 0.4) is 0 Å². The lowest BCUT2D eigenvalue weighted by molar-refractivity contribution is -0.115. The van der Waals surface area contributed by atoms with Crippen LogP contribution in [-0.2, 0) is 24.3 Å². The molecule has 1 amide bonds. The van der Waals surface area contributed by atoms with Gasteiger partial charge in [0.15, 0.2) is 0 Å². The van der Waals surface area contributed by atoms with Crippen molar-refractivity contribution in [3.05, 3.63) is 75.7 Å². The van der Waals surface area contributed by atoms with Gasteiger partial charge >= 0.3 is 0 Å². The molecule has 1 unspecified atom stereocenters. The molecular weight excluding hydrogens is 418 g/mol. The summed E-state index contributed by atoms with van der Waals surface area (Å²) in [6.45, 7) is 5.99. The number of aryl methyl sites for hydroxylation is 1. The van der Waals surface area contributed by atoms with Gasteiger partial charge in [-0.1, -0.05) is 30.3 Å². The normalized spacial score (nSPS) is 14.4. The molecule has 3 aromatic rings. The van der Waals surface area contributed by atoms with Crippen molar-refractivity contribution < 1.29 is 9.53 Å². The molecule has 5 nitrogen and oxygen atoms in total. The Morgan fingerprint density at radius 1 is 1.19 bits per heavy atom. The smallest absolute Gasteiger partial charge is 0.231 e. The largest absolute Gasteiger partial charge is 0.497 e. The van der Waals surface area contributed by atoms with Crippen LogP contribution in [0.5, 0.6) is 5.75 Å². The van der Waals surface area contributed by atoms with Gasteiger partial charge in [-0.25, -0.2) is 4.98 Å². The number of methoxy groups -OCH3 is 1. The van der Waals surface area contributed by atoms with Gasteiger partial charge in [0, 0.05) is 30.2 Å². The zero-order valence-electron chi connectivity index (χ0n) is 19.0. The molecule has 2 aromatic carbocycles. The van der Waals surface area contributed by atoms with Crippen LogP contribution in [0.25, 0.3) is 0 Å². The van der Waals surface area contributed by atoms with Gasteiger partial charge in [0.05, 0.1) is 19.2 Å². The third-order valence-electron chi connectivity index (χ3n) is 6.12. The number of nitrogens with zero attached hydrogens (tertiary/aromatic N) is 2. The second kappa shape index (κ2) is 10.3. The number of nitrogens with one attached hydrogen (secondary N) is 1. The third-order valence-corrected chi connectivity index (χ3v) is 7.02. The van der Waals surface area contributed by atoms with Crippen molar-refractivity contribution in [1.29, 1.82) is 0 Å². The number of anilines is 1. The van der Waals surface area contributed by atoms with Crippen molar-refractivity contribution in [3.63, 3.8) is 0 Å². The summed E-state index contributed by atoms with van der Waals surface area (Å²) in [4.78, 5) is 19.8. The highest BCUT2D eigenvalue weighted by molar-refractivity contribution is 7.09. The number of amides is 1. The number of carbonyl (C=O) groups excluding carboxylic acids is 1. The lowest BCUT2D eigenvalue weighted by Gasteiger charge is -2.28. The van der Waals surface area contributed by atoms with Crippen molar-refractivity contribution in [1.82, 2.24) is 9.88 Å². The van der Waals surface area contributed by atoms with Crippen LogP contribution < -0.4 is 10.1 Å². The minimum Gasteiger partial charge on any atom is -0.497 e. The van der Waals surface area contributed by atoms with E-state index in [0.717, 1.165) is 46.7 Å². The number of ether oxygens (including phenoxy) is 1. The summed E-state index contributed by atoms with van der Waals surface area (Å²) < 4.78 is 5.29. The molecule has 1 saturated carbocycles. The fourth-order valence-electron chi connectivity index (χ4n) is 3.94. The number of rotatable bonds is 10. The minimum atomic E-state index is -0.0263. The summed E-state index contributed by atoms with van der Waals surface area (Å²) in [5, 5.41) is 5.95. The van der Waals surface area contributed by atoms with Crippen LogP contribution in [0.4, 0.5) is 5.69 Å². The van der Waals surface area contributed by atoms with Crippen LogP contribution in [0.15, 0.2) is 53.9 Å². The highest BCUT2D eigenvalue weighted by Gasteiger charge is 2.32. The molecule has 0 bridgehead atoms. The molecule has 1 atom stereocenters. The maximum Gasteiger partial charge on any atom is 0.231 e. The predicted molar refractivity (Wildman–Crippen MR) is 130 cm³/mol. The first kappa shape index (κ1) is 22.5. The summed E-state index contributed by atoms with van der Waals surface area (Å²) in [5.41, 5.74) is 4.23. The Morgan fingerprint density at radius 2 is 1.94 bits per heavy atom. The molecule has 0 aliphatic heterocycles. The molecule has 0 saturated heterocycles. The molecule has 0 spiro atoms. The van der Waals surface area contributed by atoms with Gasteiger partial charge in [-0.2, -0.15) is 0 Å². The fourth-order valence-corrected chi connectivity index (χ4v) is 4.73. The standard InChI is InChI=1S/C26H31N3O2S/c1-18-6-4-5-7-24(18)28-25(30)14-26-27-22(17-32-26)16-29(19(2)21-10-11-21)15-20-8-12-23(31-3)13-9-20/h4-9,12-13,17,19,21H,10-11,14-16H2,1-3H3,(H,28,30). The van der Waals surface area contributed by atoms with E-state index in [2.05, 4.69) is 34.7 Å². The predicted octanol–water partition coefficient (Wildman–Crippen LogP) is 5.44. The summed E-state index contributed by atoms with van der Waals surface area (Å²) in [6, 6.07) is 16.6. The van der Waals surface area contributed by atoms with Gasteiger partial charge in [0.2, 0.25) is 5.91 Å². The molecule has 4 rings (SSSR count). The maximum absolute atomic E-state index is 12.5. The minimum absolute atomic E-state index is 0.0263. The highest BCUT2D eigenvalue weighted by Crippen LogP contribution is 2.36. The van der Waals surface area contributed by atoms with Crippen LogP contribution in [-0.4, -0.2) is 28.9 Å². The SMILES string of the molecule is COc1ccc(CN(Cc2csc(CC(=O)Nc3ccccc3C)n2)C(C)C2CC2)cc1. The number of hydrogen-bond donors (Lipinski definition) is 1. The van der Waals surface area contributed by atoms with Gasteiger partial charge in [0.25, 0.3) is 0 Å². The molecule has 1 fully saturated rings. The van der Waals surface area contributed by atoms with Crippen molar-refractivity contribution in [2.45, 2.75) is 52.2 Å². The van der Waals surface area contributed by atoms with Gasteiger partial charge in [0.1, 0.15) is 10.8 Å². The van der Waals surface area contributed by atoms with Gasteiger partial charge in [-0.15, -0.1) is 11.3 Å². The summed E-state index contributed by atoms with van der Waals surface area (Å²) in [6.07, 6.45) is 2.92. The lowest BCUT2D eigenvalue weighted by Crippen LogP contribution is -2.33. The monoisotopic (exact) mass is 449 g/mol. The van der Waals surface area contributed by atoms with Crippen molar-refractivity contribution in [2.75, 3.05) is 12.4 Å². The Hall–Kier alpha value is -2.70. The Bertz CT molecular complexity index is 1040. The van der Waals surface area contributed by atoms with Crippen molar-refractivity contribution in [3.8, 4) is 5.75 Å². The van der Waals surface area contributed by atoms with Gasteiger partial charge < -0.3 is 10.1 Å². The van der Waals surface area contributed by atoms with Crippen LogP contribution in [0, 0.1) is 12.8 Å². The highest BCUT2D eigenvalue weighted by atomic mass is 32.1. The number of carbonyl (C=O) groups is 1. The van der Waals surface area contributed by atoms with E-state index in [1.54, 1.807) is 18.4 Å². The van der Waals surface area contributed by atoms with Crippen molar-refractivity contribution >= 4 is 22.9 Å². The van der Waals surface area contributed by atoms with E-state index in [1.165, 1.54) is 18.4 Å². The number of para-hydroxylation sites is 1. The molecule has 0 radical (unpaired) electrons. The fraction of sp³-hybridized carbons (Fsp3) is 0.385. The van der Waals surface area contributed by atoms with Crippen LogP contribution in [0.2, 0.25) is 0 Å². The number of thiazole rings is 1. The zero-order valence-corrected chi connectivity index (χ0v) is 19.8. The first-order valence-electron chi connectivity index (χ1n) is 11.2. The van der Waals surface area contributed by atoms with E-state index < -0.39 is 0 Å². The zero-order chi connectivity index (χ0) is 22.5. The van der Waals surface area contributed by atoms with Crippen molar-refractivity contribution in [2.24, 2.45) is 5.92 Å². The van der Waals surface area contributed by atoms with E-state index >= 15 is 0 Å². The number of hydrogen-bond acceptors (Lipinski definition) is 5. The van der Waals surface area contributed by atoms with Crippen LogP contribution >= 0.6 is 11.3 Å². The van der Waals surface area contributed by atoms with E-state index in [0.29, 0.717) is 12.5 Å². The lowest BCUT2D eigenvalue weighted by atomic mass is 10.1. The van der Waals surface area contributed by atoms with Crippen LogP contribution in [0.1, 0.15) is 41.6 Å². The quantitative estimate of drug-likeness (QED) is 0.448. The molecule has 168 valence electrons. The van der Waals surface area contributed by atoms with Gasteiger partial charge in [-0.05, 0) is 61.9 Å². The second-order valence-electron chi connectivity index (χ2n) is 8.60. The molecule has 32 heavy (non-hydrogen) atoms. The molecule has 1 heterocycles. The molecular formula is C26H31N3O2S. The first-order chi connectivity index (χ1) is 15.5. The molecule has 6 heteroatoms. The number of benzene rings is 2. The Morgan fingerprint density at radius 3 is 2.62 bits per heavy atom. The average molecular weight is 450 g/mol. The van der Waals surface area contributed by atoms with E-state index in [9.17, 15) is 4.79 Å². The topological polar surface area (TPSA) is 54.5 Å². The van der Waals surface area contributed by atoms with E-state index in [4.69, 9.17) is 9.72 Å². The summed E-state index contributed by atoms with van der Waals surface area (Å²) in [5.74, 6) is 1.62. The Labute approximate surface area is 194 Å². The third kappa shape index (κ3) is 5.96. The maximum atomic E-state index is 12.5. The molecule has 1 aliphatic carbocycles. The van der Waals surface area contributed by atoms with Gasteiger partial charge in [-0.3, -0.25) is 9.69 Å². The summed E-state index contributed by atoms with van der Waals surface area (Å²) in [7, 11) is 1.69. The first-order valence-corrected chi connectivity index (χ1v) is 12.1. The van der Waals surface area contributed by atoms with E-state index in [1.807, 2.05) is 43.3 Å².